The highest BCUT2D eigenvalue weighted by Gasteiger charge is 2.17. The van der Waals surface area contributed by atoms with E-state index in [1.165, 1.54) is 6.33 Å². The lowest BCUT2D eigenvalue weighted by atomic mass is 10.0. The molecule has 6 heteroatoms. The molecule has 4 nitrogen and oxygen atoms in total. The molecule has 0 N–H and O–H groups in total. The second-order valence-electron chi connectivity index (χ2n) is 3.46. The van der Waals surface area contributed by atoms with Crippen LogP contribution in [0.3, 0.4) is 0 Å². The van der Waals surface area contributed by atoms with Gasteiger partial charge in [0.1, 0.15) is 18.9 Å². The Morgan fingerprint density at radius 2 is 2.24 bits per heavy atom. The molecule has 1 atom stereocenters. The minimum atomic E-state index is -0.250. The van der Waals surface area contributed by atoms with E-state index in [0.29, 0.717) is 10.0 Å². The van der Waals surface area contributed by atoms with Crippen LogP contribution in [0.25, 0.3) is 0 Å². The summed E-state index contributed by atoms with van der Waals surface area (Å²) >= 11 is 11.9. The van der Waals surface area contributed by atoms with E-state index in [0.717, 1.165) is 11.8 Å². The van der Waals surface area contributed by atoms with Gasteiger partial charge in [0.15, 0.2) is 0 Å². The van der Waals surface area contributed by atoms with E-state index in [1.54, 1.807) is 29.2 Å². The van der Waals surface area contributed by atoms with Gasteiger partial charge in [0.25, 0.3) is 0 Å². The minimum Gasteiger partial charge on any atom is -0.303 e. The molecule has 0 aliphatic heterocycles. The van der Waals surface area contributed by atoms with Crippen LogP contribution in [0.15, 0.2) is 30.9 Å². The fraction of sp³-hybridized carbons (Fsp3) is 0.182. The molecule has 1 heterocycles. The summed E-state index contributed by atoms with van der Waals surface area (Å²) in [5.41, 5.74) is 0.800. The number of rotatable bonds is 4. The molecule has 0 aliphatic carbocycles. The molecule has 0 amide bonds. The molecule has 0 aliphatic rings. The maximum absolute atomic E-state index is 10.7. The van der Waals surface area contributed by atoms with Gasteiger partial charge < -0.3 is 4.79 Å². The number of halogens is 2. The average Bonchev–Trinajstić information content (AvgIpc) is 2.80. The lowest BCUT2D eigenvalue weighted by Gasteiger charge is -2.16. The van der Waals surface area contributed by atoms with E-state index in [1.807, 2.05) is 0 Å². The monoisotopic (exact) mass is 269 g/mol. The third-order valence-electron chi connectivity index (χ3n) is 2.40. The van der Waals surface area contributed by atoms with Crippen LogP contribution in [0.4, 0.5) is 0 Å². The van der Waals surface area contributed by atoms with Gasteiger partial charge >= 0.3 is 0 Å². The summed E-state index contributed by atoms with van der Waals surface area (Å²) in [4.78, 5) is 14.6. The van der Waals surface area contributed by atoms with Crippen molar-refractivity contribution in [3.05, 3.63) is 46.5 Å². The summed E-state index contributed by atoms with van der Waals surface area (Å²) in [6, 6.07) is 4.92. The van der Waals surface area contributed by atoms with E-state index in [-0.39, 0.29) is 12.5 Å². The van der Waals surface area contributed by atoms with E-state index >= 15 is 0 Å². The predicted molar refractivity (Wildman–Crippen MR) is 65.3 cm³/mol. The number of carbonyl (C=O) groups excluding carboxylic acids is 1. The van der Waals surface area contributed by atoms with Gasteiger partial charge in [-0.05, 0) is 17.7 Å². The third-order valence-corrected chi connectivity index (χ3v) is 2.96. The molecule has 0 radical (unpaired) electrons. The first-order chi connectivity index (χ1) is 8.22. The van der Waals surface area contributed by atoms with Crippen LogP contribution < -0.4 is 0 Å². The Morgan fingerprint density at radius 3 is 2.82 bits per heavy atom. The van der Waals surface area contributed by atoms with Crippen LogP contribution in [0.5, 0.6) is 0 Å². The van der Waals surface area contributed by atoms with E-state index in [2.05, 4.69) is 10.1 Å². The number of aldehydes is 1. The van der Waals surface area contributed by atoms with Gasteiger partial charge in [0.05, 0.1) is 6.04 Å². The summed E-state index contributed by atoms with van der Waals surface area (Å²) < 4.78 is 1.60. The third kappa shape index (κ3) is 2.65. The highest BCUT2D eigenvalue weighted by molar-refractivity contribution is 6.35. The smallest absolute Gasteiger partial charge is 0.137 e. The molecule has 0 spiro atoms. The fourth-order valence-electron chi connectivity index (χ4n) is 1.62. The molecule has 1 aromatic carbocycles. The van der Waals surface area contributed by atoms with Crippen LogP contribution in [0.1, 0.15) is 18.0 Å². The van der Waals surface area contributed by atoms with Crippen molar-refractivity contribution >= 4 is 29.5 Å². The molecule has 88 valence electrons. The Bertz CT molecular complexity index is 513. The molecular formula is C11H9Cl2N3O. The van der Waals surface area contributed by atoms with Crippen molar-refractivity contribution in [2.75, 3.05) is 0 Å². The van der Waals surface area contributed by atoms with Crippen molar-refractivity contribution in [3.8, 4) is 0 Å². The number of hydrogen-bond acceptors (Lipinski definition) is 3. The number of carbonyl (C=O) groups is 1. The molecule has 0 saturated carbocycles. The number of hydrogen-bond donors (Lipinski definition) is 0. The molecule has 1 aromatic heterocycles. The molecule has 17 heavy (non-hydrogen) atoms. The summed E-state index contributed by atoms with van der Waals surface area (Å²) in [6.07, 6.45) is 4.09. The van der Waals surface area contributed by atoms with Gasteiger partial charge in [0.2, 0.25) is 0 Å². The number of nitrogens with zero attached hydrogens (tertiary/aromatic N) is 3. The minimum absolute atomic E-state index is 0.250. The standard InChI is InChI=1S/C11H9Cl2N3O/c12-8-1-2-9(10(13)5-8)11(3-4-17)16-7-14-6-15-16/h1-2,4-7,11H,3H2. The van der Waals surface area contributed by atoms with Crippen molar-refractivity contribution in [2.24, 2.45) is 0 Å². The summed E-state index contributed by atoms with van der Waals surface area (Å²) in [7, 11) is 0. The Labute approximate surface area is 108 Å². The van der Waals surface area contributed by atoms with Gasteiger partial charge in [-0.2, -0.15) is 5.10 Å². The van der Waals surface area contributed by atoms with E-state index < -0.39 is 0 Å². The molecule has 2 aromatic rings. The van der Waals surface area contributed by atoms with Crippen molar-refractivity contribution in [2.45, 2.75) is 12.5 Å². The highest BCUT2D eigenvalue weighted by Crippen LogP contribution is 2.29. The van der Waals surface area contributed by atoms with Crippen molar-refractivity contribution < 1.29 is 4.79 Å². The predicted octanol–water partition coefficient (Wildman–Crippen LogP) is 2.76. The van der Waals surface area contributed by atoms with Crippen LogP contribution in [0.2, 0.25) is 10.0 Å². The lowest BCUT2D eigenvalue weighted by molar-refractivity contribution is -0.108. The molecule has 0 saturated heterocycles. The van der Waals surface area contributed by atoms with Crippen molar-refractivity contribution in [1.29, 1.82) is 0 Å². The van der Waals surface area contributed by atoms with Gasteiger partial charge in [-0.3, -0.25) is 0 Å². The fourth-order valence-corrected chi connectivity index (χ4v) is 2.15. The Balaban J connectivity index is 2.42. The first-order valence-corrected chi connectivity index (χ1v) is 5.70. The quantitative estimate of drug-likeness (QED) is 0.802. The zero-order valence-corrected chi connectivity index (χ0v) is 10.3. The SMILES string of the molecule is O=CCC(c1ccc(Cl)cc1Cl)n1cncn1. The van der Waals surface area contributed by atoms with Crippen LogP contribution in [-0.2, 0) is 4.79 Å². The Kier molecular flexibility index (Phi) is 3.76. The first-order valence-electron chi connectivity index (χ1n) is 4.95. The summed E-state index contributed by atoms with van der Waals surface area (Å²) in [6.45, 7) is 0. The largest absolute Gasteiger partial charge is 0.303 e. The zero-order valence-electron chi connectivity index (χ0n) is 8.75. The zero-order chi connectivity index (χ0) is 12.3. The van der Waals surface area contributed by atoms with E-state index in [9.17, 15) is 4.79 Å². The maximum Gasteiger partial charge on any atom is 0.137 e. The second kappa shape index (κ2) is 5.29. The molecule has 0 fully saturated rings. The van der Waals surface area contributed by atoms with Gasteiger partial charge in [-0.15, -0.1) is 0 Å². The lowest BCUT2D eigenvalue weighted by Crippen LogP contribution is -2.12. The highest BCUT2D eigenvalue weighted by atomic mass is 35.5. The number of benzene rings is 1. The number of aromatic nitrogens is 3. The Morgan fingerprint density at radius 1 is 1.41 bits per heavy atom. The van der Waals surface area contributed by atoms with E-state index in [4.69, 9.17) is 23.2 Å². The molecule has 0 bridgehead atoms. The molecule has 2 rings (SSSR count). The van der Waals surface area contributed by atoms with Crippen LogP contribution >= 0.6 is 23.2 Å². The average molecular weight is 270 g/mol. The topological polar surface area (TPSA) is 47.8 Å². The first kappa shape index (κ1) is 12.1. The summed E-state index contributed by atoms with van der Waals surface area (Å²) in [5.74, 6) is 0. The van der Waals surface area contributed by atoms with Gasteiger partial charge in [0, 0.05) is 16.5 Å². The van der Waals surface area contributed by atoms with Crippen molar-refractivity contribution in [1.82, 2.24) is 14.8 Å². The van der Waals surface area contributed by atoms with Gasteiger partial charge in [-0.1, -0.05) is 29.3 Å². The van der Waals surface area contributed by atoms with Gasteiger partial charge in [-0.25, -0.2) is 9.67 Å². The second-order valence-corrected chi connectivity index (χ2v) is 4.30. The maximum atomic E-state index is 10.7. The van der Waals surface area contributed by atoms with Crippen molar-refractivity contribution in [3.63, 3.8) is 0 Å². The van der Waals surface area contributed by atoms with Crippen LogP contribution in [-0.4, -0.2) is 21.1 Å². The molecule has 1 unspecified atom stereocenters. The summed E-state index contributed by atoms with van der Waals surface area (Å²) in [5, 5.41) is 5.10. The molecular weight excluding hydrogens is 261 g/mol. The Hall–Kier alpha value is -1.39. The van der Waals surface area contributed by atoms with Crippen LogP contribution in [0, 0.1) is 0 Å². The normalized spacial score (nSPS) is 12.4.